The van der Waals surface area contributed by atoms with Crippen molar-refractivity contribution in [2.45, 2.75) is 45.1 Å². The largest absolute Gasteiger partial charge is 0.488 e. The van der Waals surface area contributed by atoms with Crippen molar-refractivity contribution in [2.75, 3.05) is 12.3 Å². The molecule has 0 saturated heterocycles. The van der Waals surface area contributed by atoms with Crippen molar-refractivity contribution in [3.63, 3.8) is 0 Å². The van der Waals surface area contributed by atoms with Gasteiger partial charge in [0.05, 0.1) is 11.8 Å². The molecule has 1 aromatic carbocycles. The summed E-state index contributed by atoms with van der Waals surface area (Å²) in [6, 6.07) is 5.25. The van der Waals surface area contributed by atoms with Crippen LogP contribution in [0.5, 0.6) is 5.75 Å². The van der Waals surface area contributed by atoms with Gasteiger partial charge in [0, 0.05) is 12.1 Å². The van der Waals surface area contributed by atoms with Crippen LogP contribution in [0.4, 0.5) is 5.69 Å². The van der Waals surface area contributed by atoms with E-state index >= 15 is 0 Å². The van der Waals surface area contributed by atoms with Gasteiger partial charge in [-0.2, -0.15) is 0 Å². The molecule has 1 aliphatic carbocycles. The van der Waals surface area contributed by atoms with Crippen molar-refractivity contribution < 1.29 is 9.53 Å². The van der Waals surface area contributed by atoms with Crippen LogP contribution in [0.25, 0.3) is 0 Å². The number of carbonyl (C=O) groups is 1. The van der Waals surface area contributed by atoms with Crippen LogP contribution in [0, 0.1) is 0 Å². The number of benzene rings is 1. The van der Waals surface area contributed by atoms with E-state index in [0.717, 1.165) is 12.8 Å². The number of ether oxygens (including phenoxy) is 1. The molecular weight excluding hydrogens is 240 g/mol. The predicted molar refractivity (Wildman–Crippen MR) is 76.4 cm³/mol. The summed E-state index contributed by atoms with van der Waals surface area (Å²) in [6.07, 6.45) is 6.20. The molecule has 0 spiro atoms. The van der Waals surface area contributed by atoms with E-state index in [1.807, 2.05) is 6.92 Å². The number of carbonyl (C=O) groups excluding carboxylic acids is 1. The van der Waals surface area contributed by atoms with Gasteiger partial charge in [0.1, 0.15) is 5.75 Å². The summed E-state index contributed by atoms with van der Waals surface area (Å²) in [5.74, 6) is 0.596. The Balaban J connectivity index is 2.04. The molecule has 0 heterocycles. The molecule has 0 atom stereocenters. The van der Waals surface area contributed by atoms with Gasteiger partial charge in [-0.3, -0.25) is 4.79 Å². The lowest BCUT2D eigenvalue weighted by Crippen LogP contribution is -2.23. The van der Waals surface area contributed by atoms with Gasteiger partial charge in [-0.25, -0.2) is 0 Å². The monoisotopic (exact) mass is 262 g/mol. The maximum absolute atomic E-state index is 11.7. The molecule has 4 nitrogen and oxygen atoms in total. The fourth-order valence-corrected chi connectivity index (χ4v) is 2.42. The average Bonchev–Trinajstić information content (AvgIpc) is 2.42. The number of hydrogen-bond donors (Lipinski definition) is 2. The average molecular weight is 262 g/mol. The normalized spacial score (nSPS) is 16.1. The molecule has 0 aliphatic heterocycles. The molecule has 0 unspecified atom stereocenters. The van der Waals surface area contributed by atoms with Gasteiger partial charge in [-0.05, 0) is 50.8 Å². The molecule has 1 fully saturated rings. The maximum Gasteiger partial charge on any atom is 0.251 e. The number of rotatable bonds is 4. The lowest BCUT2D eigenvalue weighted by Gasteiger charge is -2.23. The van der Waals surface area contributed by atoms with Crippen molar-refractivity contribution in [1.82, 2.24) is 5.32 Å². The van der Waals surface area contributed by atoms with Crippen LogP contribution in [0.15, 0.2) is 18.2 Å². The van der Waals surface area contributed by atoms with Gasteiger partial charge in [0.25, 0.3) is 5.91 Å². The van der Waals surface area contributed by atoms with Crippen molar-refractivity contribution in [3.8, 4) is 5.75 Å². The van der Waals surface area contributed by atoms with Crippen molar-refractivity contribution in [3.05, 3.63) is 23.8 Å². The minimum atomic E-state index is -0.0987. The van der Waals surface area contributed by atoms with Gasteiger partial charge in [-0.15, -0.1) is 0 Å². The van der Waals surface area contributed by atoms with E-state index in [9.17, 15) is 4.79 Å². The Kier molecular flexibility index (Phi) is 4.66. The molecule has 3 N–H and O–H groups in total. The number of nitrogens with one attached hydrogen (secondary N) is 1. The molecule has 0 radical (unpaired) electrons. The Morgan fingerprint density at radius 1 is 1.37 bits per heavy atom. The molecule has 1 aromatic rings. The third kappa shape index (κ3) is 3.63. The summed E-state index contributed by atoms with van der Waals surface area (Å²) < 4.78 is 5.92. The molecule has 0 bridgehead atoms. The van der Waals surface area contributed by atoms with Crippen LogP contribution in [-0.4, -0.2) is 18.6 Å². The molecule has 2 rings (SSSR count). The van der Waals surface area contributed by atoms with Crippen LogP contribution in [0.1, 0.15) is 49.4 Å². The fourth-order valence-electron chi connectivity index (χ4n) is 2.42. The zero-order chi connectivity index (χ0) is 13.7. The van der Waals surface area contributed by atoms with Gasteiger partial charge < -0.3 is 15.8 Å². The van der Waals surface area contributed by atoms with E-state index in [1.54, 1.807) is 18.2 Å². The standard InChI is InChI=1S/C15H22N2O2/c1-2-17-15(18)11-8-9-14(13(16)10-11)19-12-6-4-3-5-7-12/h8-10,12H,2-7,16H2,1H3,(H,17,18). The lowest BCUT2D eigenvalue weighted by atomic mass is 9.98. The minimum absolute atomic E-state index is 0.0987. The smallest absolute Gasteiger partial charge is 0.251 e. The summed E-state index contributed by atoms with van der Waals surface area (Å²) in [5, 5.41) is 2.75. The van der Waals surface area contributed by atoms with E-state index in [-0.39, 0.29) is 12.0 Å². The van der Waals surface area contributed by atoms with Gasteiger partial charge in [0.2, 0.25) is 0 Å². The van der Waals surface area contributed by atoms with Crippen LogP contribution >= 0.6 is 0 Å². The number of anilines is 1. The highest BCUT2D eigenvalue weighted by atomic mass is 16.5. The molecule has 4 heteroatoms. The van der Waals surface area contributed by atoms with Crippen molar-refractivity contribution >= 4 is 11.6 Å². The van der Waals surface area contributed by atoms with Gasteiger partial charge in [0.15, 0.2) is 0 Å². The summed E-state index contributed by atoms with van der Waals surface area (Å²) in [6.45, 7) is 2.50. The summed E-state index contributed by atoms with van der Waals surface area (Å²) in [7, 11) is 0. The summed E-state index contributed by atoms with van der Waals surface area (Å²) in [4.78, 5) is 11.7. The van der Waals surface area contributed by atoms with Crippen LogP contribution in [-0.2, 0) is 0 Å². The quantitative estimate of drug-likeness (QED) is 0.820. The second-order valence-electron chi connectivity index (χ2n) is 4.99. The number of nitrogen functional groups attached to an aromatic ring is 1. The first-order valence-corrected chi connectivity index (χ1v) is 7.05. The zero-order valence-electron chi connectivity index (χ0n) is 11.4. The van der Waals surface area contributed by atoms with Crippen LogP contribution in [0.2, 0.25) is 0 Å². The topological polar surface area (TPSA) is 64.3 Å². The fraction of sp³-hybridized carbons (Fsp3) is 0.533. The van der Waals surface area contributed by atoms with E-state index < -0.39 is 0 Å². The Bertz CT molecular complexity index is 440. The lowest BCUT2D eigenvalue weighted by molar-refractivity contribution is 0.0956. The Morgan fingerprint density at radius 3 is 2.74 bits per heavy atom. The second-order valence-corrected chi connectivity index (χ2v) is 4.99. The second kappa shape index (κ2) is 6.45. The highest BCUT2D eigenvalue weighted by Crippen LogP contribution is 2.28. The Labute approximate surface area is 114 Å². The number of amides is 1. The first-order valence-electron chi connectivity index (χ1n) is 7.05. The van der Waals surface area contributed by atoms with E-state index in [1.165, 1.54) is 19.3 Å². The predicted octanol–water partition coefficient (Wildman–Crippen LogP) is 2.73. The molecule has 104 valence electrons. The van der Waals surface area contributed by atoms with Crippen molar-refractivity contribution in [2.24, 2.45) is 0 Å². The van der Waals surface area contributed by atoms with Crippen LogP contribution < -0.4 is 15.8 Å². The zero-order valence-corrected chi connectivity index (χ0v) is 11.4. The summed E-state index contributed by atoms with van der Waals surface area (Å²) >= 11 is 0. The highest BCUT2D eigenvalue weighted by molar-refractivity contribution is 5.95. The first-order chi connectivity index (χ1) is 9.20. The first kappa shape index (κ1) is 13.7. The Morgan fingerprint density at radius 2 is 2.11 bits per heavy atom. The van der Waals surface area contributed by atoms with Gasteiger partial charge in [-0.1, -0.05) is 6.42 Å². The minimum Gasteiger partial charge on any atom is -0.488 e. The van der Waals surface area contributed by atoms with Gasteiger partial charge >= 0.3 is 0 Å². The molecule has 1 saturated carbocycles. The molecule has 19 heavy (non-hydrogen) atoms. The maximum atomic E-state index is 11.7. The van der Waals surface area contributed by atoms with E-state index in [0.29, 0.717) is 23.5 Å². The highest BCUT2D eigenvalue weighted by Gasteiger charge is 2.16. The third-order valence-corrected chi connectivity index (χ3v) is 3.46. The third-order valence-electron chi connectivity index (χ3n) is 3.46. The molecule has 1 amide bonds. The molecule has 1 aliphatic rings. The molecular formula is C15H22N2O2. The summed E-state index contributed by atoms with van der Waals surface area (Å²) in [5.41, 5.74) is 7.08. The van der Waals surface area contributed by atoms with Crippen LogP contribution in [0.3, 0.4) is 0 Å². The molecule has 0 aromatic heterocycles. The van der Waals surface area contributed by atoms with Crippen molar-refractivity contribution in [1.29, 1.82) is 0 Å². The number of hydrogen-bond acceptors (Lipinski definition) is 3. The Hall–Kier alpha value is -1.71. The van der Waals surface area contributed by atoms with E-state index in [2.05, 4.69) is 5.32 Å². The SMILES string of the molecule is CCNC(=O)c1ccc(OC2CCCCC2)c(N)c1. The van der Waals surface area contributed by atoms with E-state index in [4.69, 9.17) is 10.5 Å². The number of nitrogens with two attached hydrogens (primary N) is 1.